The van der Waals surface area contributed by atoms with E-state index < -0.39 is 4.92 Å². The Labute approximate surface area is 141 Å². The van der Waals surface area contributed by atoms with Crippen LogP contribution in [0.5, 0.6) is 0 Å². The second-order valence-corrected chi connectivity index (χ2v) is 6.83. The van der Waals surface area contributed by atoms with E-state index in [0.717, 1.165) is 4.88 Å². The highest BCUT2D eigenvalue weighted by Crippen LogP contribution is 2.35. The lowest BCUT2D eigenvalue weighted by Gasteiger charge is -1.99. The van der Waals surface area contributed by atoms with Gasteiger partial charge in [-0.1, -0.05) is 29.0 Å². The molecule has 0 radical (unpaired) electrons. The Morgan fingerprint density at radius 2 is 2.13 bits per heavy atom. The molecule has 0 N–H and O–H groups in total. The van der Waals surface area contributed by atoms with Crippen molar-refractivity contribution in [1.82, 2.24) is 19.8 Å². The maximum Gasteiger partial charge on any atom is 0.270 e. The number of aromatic nitrogens is 4. The highest BCUT2D eigenvalue weighted by atomic mass is 35.5. The van der Waals surface area contributed by atoms with Gasteiger partial charge in [0.2, 0.25) is 4.96 Å². The molecule has 114 valence electrons. The molecule has 10 heteroatoms. The van der Waals surface area contributed by atoms with Crippen molar-refractivity contribution in [3.8, 4) is 21.3 Å². The average molecular weight is 364 g/mol. The maximum atomic E-state index is 10.8. The van der Waals surface area contributed by atoms with Gasteiger partial charge in [0.05, 0.1) is 14.8 Å². The number of non-ortho nitro benzene ring substituents is 1. The number of nitro groups is 1. The first-order chi connectivity index (χ1) is 11.1. The van der Waals surface area contributed by atoms with Crippen molar-refractivity contribution in [2.45, 2.75) is 0 Å². The van der Waals surface area contributed by atoms with E-state index in [4.69, 9.17) is 11.6 Å². The molecule has 7 nitrogen and oxygen atoms in total. The Balaban J connectivity index is 1.83. The second kappa shape index (κ2) is 5.37. The Kier molecular flexibility index (Phi) is 3.33. The number of halogens is 1. The van der Waals surface area contributed by atoms with Crippen LogP contribution >= 0.6 is 34.3 Å². The summed E-state index contributed by atoms with van der Waals surface area (Å²) < 4.78 is 1.66. The molecule has 0 unspecified atom stereocenters. The molecule has 3 aromatic heterocycles. The lowest BCUT2D eigenvalue weighted by molar-refractivity contribution is -0.384. The molecule has 0 fully saturated rings. The van der Waals surface area contributed by atoms with Crippen LogP contribution in [-0.2, 0) is 0 Å². The minimum atomic E-state index is -0.483. The molecule has 0 aliphatic carbocycles. The molecule has 0 bridgehead atoms. The van der Waals surface area contributed by atoms with Crippen LogP contribution in [0.25, 0.3) is 26.2 Å². The first kappa shape index (κ1) is 14.2. The smallest absolute Gasteiger partial charge is 0.258 e. The summed E-state index contributed by atoms with van der Waals surface area (Å²) >= 11 is 9.04. The molecule has 23 heavy (non-hydrogen) atoms. The summed E-state index contributed by atoms with van der Waals surface area (Å²) in [7, 11) is 0. The van der Waals surface area contributed by atoms with Gasteiger partial charge < -0.3 is 0 Å². The number of hydrogen-bond acceptors (Lipinski definition) is 7. The summed E-state index contributed by atoms with van der Waals surface area (Å²) in [6, 6.07) is 8.20. The third-order valence-corrected chi connectivity index (χ3v) is 5.24. The van der Waals surface area contributed by atoms with Crippen LogP contribution in [0.4, 0.5) is 5.69 Å². The standard InChI is InChI=1S/C13H6ClN5O2S2/c14-9-6-7(19(20)21)3-4-8(9)12-17-18-11(10-2-1-5-22-10)15-16-13(18)23-12/h1-6H. The van der Waals surface area contributed by atoms with Gasteiger partial charge in [-0.15, -0.1) is 21.5 Å². The minimum absolute atomic E-state index is 0.0546. The fraction of sp³-hybridized carbons (Fsp3) is 0. The lowest BCUT2D eigenvalue weighted by Crippen LogP contribution is -1.91. The molecule has 1 aromatic carbocycles. The first-order valence-electron chi connectivity index (χ1n) is 6.34. The van der Waals surface area contributed by atoms with Gasteiger partial charge in [-0.25, -0.2) is 0 Å². The number of benzene rings is 1. The Morgan fingerprint density at radius 3 is 2.83 bits per heavy atom. The Hall–Kier alpha value is -2.36. The van der Waals surface area contributed by atoms with Crippen LogP contribution in [0.2, 0.25) is 5.02 Å². The normalized spacial score (nSPS) is 11.2. The van der Waals surface area contributed by atoms with E-state index in [9.17, 15) is 10.1 Å². The topological polar surface area (TPSA) is 86.2 Å². The first-order valence-corrected chi connectivity index (χ1v) is 8.41. The third kappa shape index (κ3) is 2.38. The molecule has 0 atom stereocenters. The predicted molar refractivity (Wildman–Crippen MR) is 89.1 cm³/mol. The van der Waals surface area contributed by atoms with Gasteiger partial charge in [0.15, 0.2) is 5.82 Å². The monoisotopic (exact) mass is 363 g/mol. The summed E-state index contributed by atoms with van der Waals surface area (Å²) in [4.78, 5) is 11.9. The van der Waals surface area contributed by atoms with E-state index in [1.165, 1.54) is 23.5 Å². The van der Waals surface area contributed by atoms with E-state index in [1.54, 1.807) is 21.9 Å². The number of hydrogen-bond donors (Lipinski definition) is 0. The molecule has 0 saturated heterocycles. The zero-order chi connectivity index (χ0) is 16.0. The van der Waals surface area contributed by atoms with Crippen molar-refractivity contribution < 1.29 is 4.92 Å². The van der Waals surface area contributed by atoms with Gasteiger partial charge in [0.25, 0.3) is 5.69 Å². The summed E-state index contributed by atoms with van der Waals surface area (Å²) in [5, 5.41) is 26.4. The van der Waals surface area contributed by atoms with E-state index in [1.807, 2.05) is 17.5 Å². The molecule has 0 spiro atoms. The summed E-state index contributed by atoms with van der Waals surface area (Å²) in [5.41, 5.74) is 0.575. The van der Waals surface area contributed by atoms with Crippen molar-refractivity contribution in [2.75, 3.05) is 0 Å². The van der Waals surface area contributed by atoms with Crippen LogP contribution in [0, 0.1) is 10.1 Å². The number of fused-ring (bicyclic) bond motifs is 1. The molecular weight excluding hydrogens is 358 g/mol. The average Bonchev–Trinajstić information content (AvgIpc) is 3.22. The van der Waals surface area contributed by atoms with Crippen molar-refractivity contribution in [2.24, 2.45) is 0 Å². The number of rotatable bonds is 3. The van der Waals surface area contributed by atoms with E-state index in [-0.39, 0.29) is 10.7 Å². The van der Waals surface area contributed by atoms with Gasteiger partial charge >= 0.3 is 0 Å². The van der Waals surface area contributed by atoms with Crippen LogP contribution in [-0.4, -0.2) is 24.7 Å². The Bertz CT molecular complexity index is 1020. The van der Waals surface area contributed by atoms with Gasteiger partial charge in [0.1, 0.15) is 5.01 Å². The van der Waals surface area contributed by atoms with Gasteiger partial charge in [-0.3, -0.25) is 10.1 Å². The number of nitrogens with zero attached hydrogens (tertiary/aromatic N) is 5. The van der Waals surface area contributed by atoms with E-state index in [0.29, 0.717) is 21.4 Å². The van der Waals surface area contributed by atoms with Gasteiger partial charge in [-0.05, 0) is 17.5 Å². The van der Waals surface area contributed by atoms with Crippen LogP contribution in [0.1, 0.15) is 0 Å². The summed E-state index contributed by atoms with van der Waals surface area (Å²) in [6.07, 6.45) is 0. The van der Waals surface area contributed by atoms with Crippen LogP contribution < -0.4 is 0 Å². The molecule has 0 amide bonds. The second-order valence-electron chi connectivity index (χ2n) is 4.52. The SMILES string of the molecule is O=[N+]([O-])c1ccc(-c2nn3c(-c4cccs4)nnc3s2)c(Cl)c1. The molecule has 0 aliphatic heterocycles. The summed E-state index contributed by atoms with van der Waals surface area (Å²) in [6.45, 7) is 0. The fourth-order valence-electron chi connectivity index (χ4n) is 2.08. The highest BCUT2D eigenvalue weighted by molar-refractivity contribution is 7.20. The molecule has 0 aliphatic rings. The highest BCUT2D eigenvalue weighted by Gasteiger charge is 2.18. The van der Waals surface area contributed by atoms with Gasteiger partial charge in [-0.2, -0.15) is 9.61 Å². The third-order valence-electron chi connectivity index (χ3n) is 3.13. The van der Waals surface area contributed by atoms with Crippen molar-refractivity contribution in [1.29, 1.82) is 0 Å². The molecule has 4 rings (SSSR count). The number of nitro benzene ring substituents is 1. The van der Waals surface area contributed by atoms with Crippen molar-refractivity contribution in [3.05, 3.63) is 50.8 Å². The summed E-state index contributed by atoms with van der Waals surface area (Å²) in [5.74, 6) is 0.663. The quantitative estimate of drug-likeness (QED) is 0.403. The molecule has 0 saturated carbocycles. The number of thiophene rings is 1. The minimum Gasteiger partial charge on any atom is -0.258 e. The van der Waals surface area contributed by atoms with Gasteiger partial charge in [0, 0.05) is 17.7 Å². The largest absolute Gasteiger partial charge is 0.270 e. The Morgan fingerprint density at radius 1 is 1.26 bits per heavy atom. The molecule has 4 aromatic rings. The van der Waals surface area contributed by atoms with Crippen molar-refractivity contribution >= 4 is 44.9 Å². The molecule has 3 heterocycles. The zero-order valence-electron chi connectivity index (χ0n) is 11.2. The fourth-order valence-corrected chi connectivity index (χ4v) is 3.97. The lowest BCUT2D eigenvalue weighted by atomic mass is 10.2. The van der Waals surface area contributed by atoms with Crippen LogP contribution in [0.3, 0.4) is 0 Å². The van der Waals surface area contributed by atoms with E-state index >= 15 is 0 Å². The van der Waals surface area contributed by atoms with Crippen molar-refractivity contribution in [3.63, 3.8) is 0 Å². The van der Waals surface area contributed by atoms with E-state index in [2.05, 4.69) is 15.3 Å². The zero-order valence-corrected chi connectivity index (χ0v) is 13.6. The maximum absolute atomic E-state index is 10.8. The predicted octanol–water partition coefficient (Wildman–Crippen LogP) is 4.14. The van der Waals surface area contributed by atoms with Crippen LogP contribution in [0.15, 0.2) is 35.7 Å². The molecular formula is C13H6ClN5O2S2.